The highest BCUT2D eigenvalue weighted by molar-refractivity contribution is 5.94. The summed E-state index contributed by atoms with van der Waals surface area (Å²) in [5.41, 5.74) is 0.570. The molecule has 2 aliphatic rings. The maximum absolute atomic E-state index is 12.0. The first-order valence-electron chi connectivity index (χ1n) is 7.44. The lowest BCUT2D eigenvalue weighted by Crippen LogP contribution is -2.44. The van der Waals surface area contributed by atoms with Crippen LogP contribution in [0.3, 0.4) is 0 Å². The second-order valence-corrected chi connectivity index (χ2v) is 5.89. The molecule has 0 bridgehead atoms. The third-order valence-corrected chi connectivity index (χ3v) is 4.35. The van der Waals surface area contributed by atoms with Crippen molar-refractivity contribution in [1.82, 2.24) is 15.1 Å². The maximum Gasteiger partial charge on any atom is 0.269 e. The van der Waals surface area contributed by atoms with E-state index in [2.05, 4.69) is 22.2 Å². The third kappa shape index (κ3) is 2.51. The number of aliphatic hydroxyl groups is 1. The molecule has 0 saturated carbocycles. The monoisotopic (exact) mass is 294 g/mol. The third-order valence-electron chi connectivity index (χ3n) is 4.35. The first-order valence-corrected chi connectivity index (χ1v) is 7.44. The minimum Gasteiger partial charge on any atom is -0.396 e. The molecule has 1 saturated heterocycles. The van der Waals surface area contributed by atoms with E-state index < -0.39 is 0 Å². The molecule has 3 atom stereocenters. The molecule has 1 fully saturated rings. The maximum atomic E-state index is 12.0. The summed E-state index contributed by atoms with van der Waals surface area (Å²) in [4.78, 5) is 14.2. The lowest BCUT2D eigenvalue weighted by atomic mass is 10.0. The van der Waals surface area contributed by atoms with E-state index >= 15 is 0 Å². The Morgan fingerprint density at radius 2 is 2.43 bits per heavy atom. The van der Waals surface area contributed by atoms with Crippen LogP contribution in [0.4, 0.5) is 5.82 Å². The van der Waals surface area contributed by atoms with Crippen molar-refractivity contribution in [1.29, 1.82) is 0 Å². The standard InChI is InChI=1S/C14H22N4O3/c1-9(7-19)12-6-15-14(20)11-5-13(16-18(11)12)17-3-4-21-8-10(17)2/h5,9-10,12,19H,3-4,6-8H2,1-2H3,(H,15,20)/t9-,10+,12-/m0/s1. The molecule has 116 valence electrons. The van der Waals surface area contributed by atoms with Crippen molar-refractivity contribution >= 4 is 11.7 Å². The van der Waals surface area contributed by atoms with Gasteiger partial charge in [0.1, 0.15) is 5.69 Å². The van der Waals surface area contributed by atoms with Gasteiger partial charge in [0.05, 0.1) is 25.3 Å². The van der Waals surface area contributed by atoms with Crippen LogP contribution in [0.25, 0.3) is 0 Å². The van der Waals surface area contributed by atoms with E-state index in [0.29, 0.717) is 25.5 Å². The van der Waals surface area contributed by atoms with Gasteiger partial charge >= 0.3 is 0 Å². The molecular weight excluding hydrogens is 272 g/mol. The summed E-state index contributed by atoms with van der Waals surface area (Å²) >= 11 is 0. The fourth-order valence-corrected chi connectivity index (χ4v) is 2.95. The van der Waals surface area contributed by atoms with Crippen molar-refractivity contribution in [2.45, 2.75) is 25.9 Å². The number of carbonyl (C=O) groups excluding carboxylic acids is 1. The molecule has 0 aliphatic carbocycles. The number of aliphatic hydroxyl groups excluding tert-OH is 1. The Hall–Kier alpha value is -1.60. The second kappa shape index (κ2) is 5.65. The number of nitrogens with one attached hydrogen (secondary N) is 1. The minimum absolute atomic E-state index is 0.00667. The van der Waals surface area contributed by atoms with Gasteiger partial charge in [0.25, 0.3) is 5.91 Å². The first kappa shape index (κ1) is 14.3. The number of amides is 1. The Kier molecular flexibility index (Phi) is 3.86. The van der Waals surface area contributed by atoms with Crippen LogP contribution < -0.4 is 10.2 Å². The molecule has 0 radical (unpaired) electrons. The zero-order chi connectivity index (χ0) is 15.0. The van der Waals surface area contributed by atoms with E-state index in [-0.39, 0.29) is 30.5 Å². The minimum atomic E-state index is -0.101. The summed E-state index contributed by atoms with van der Waals surface area (Å²) in [6.45, 7) is 6.76. The highest BCUT2D eigenvalue weighted by Gasteiger charge is 2.32. The van der Waals surface area contributed by atoms with E-state index in [9.17, 15) is 9.90 Å². The molecule has 3 heterocycles. The number of hydrogen-bond donors (Lipinski definition) is 2. The summed E-state index contributed by atoms with van der Waals surface area (Å²) in [5.74, 6) is 0.753. The molecule has 0 unspecified atom stereocenters. The topological polar surface area (TPSA) is 79.6 Å². The Bertz CT molecular complexity index is 530. The van der Waals surface area contributed by atoms with Crippen LogP contribution in [0.1, 0.15) is 30.4 Å². The largest absolute Gasteiger partial charge is 0.396 e. The Labute approximate surface area is 123 Å². The smallest absolute Gasteiger partial charge is 0.269 e. The fraction of sp³-hybridized carbons (Fsp3) is 0.714. The van der Waals surface area contributed by atoms with Crippen LogP contribution in [0.5, 0.6) is 0 Å². The average molecular weight is 294 g/mol. The van der Waals surface area contributed by atoms with Gasteiger partial charge in [0.15, 0.2) is 5.82 Å². The molecule has 2 aliphatic heterocycles. The van der Waals surface area contributed by atoms with Gasteiger partial charge in [-0.05, 0) is 6.92 Å². The number of nitrogens with zero attached hydrogens (tertiary/aromatic N) is 3. The highest BCUT2D eigenvalue weighted by atomic mass is 16.5. The van der Waals surface area contributed by atoms with Crippen molar-refractivity contribution in [3.05, 3.63) is 11.8 Å². The van der Waals surface area contributed by atoms with E-state index in [1.807, 2.05) is 13.0 Å². The van der Waals surface area contributed by atoms with Gasteiger partial charge < -0.3 is 20.1 Å². The molecule has 3 rings (SSSR count). The number of fused-ring (bicyclic) bond motifs is 1. The number of hydrogen-bond acceptors (Lipinski definition) is 5. The van der Waals surface area contributed by atoms with Crippen LogP contribution >= 0.6 is 0 Å². The molecule has 0 aromatic carbocycles. The first-order chi connectivity index (χ1) is 10.1. The van der Waals surface area contributed by atoms with Gasteiger partial charge in [-0.3, -0.25) is 9.48 Å². The molecule has 7 heteroatoms. The molecular formula is C14H22N4O3. The van der Waals surface area contributed by atoms with Crippen molar-refractivity contribution < 1.29 is 14.6 Å². The van der Waals surface area contributed by atoms with Gasteiger partial charge in [-0.1, -0.05) is 6.92 Å². The fourth-order valence-electron chi connectivity index (χ4n) is 2.95. The van der Waals surface area contributed by atoms with Crippen molar-refractivity contribution in [2.75, 3.05) is 37.8 Å². The summed E-state index contributed by atoms with van der Waals surface area (Å²) in [7, 11) is 0. The molecule has 1 aromatic heterocycles. The predicted octanol–water partition coefficient (Wildman–Crippen LogP) is 0.0211. The summed E-state index contributed by atoms with van der Waals surface area (Å²) in [5, 5.41) is 16.9. The van der Waals surface area contributed by atoms with Gasteiger partial charge in [-0.2, -0.15) is 5.10 Å². The van der Waals surface area contributed by atoms with Crippen LogP contribution in [0.15, 0.2) is 6.07 Å². The molecule has 7 nitrogen and oxygen atoms in total. The second-order valence-electron chi connectivity index (χ2n) is 5.89. The number of rotatable bonds is 3. The van der Waals surface area contributed by atoms with Crippen LogP contribution in [-0.4, -0.2) is 59.7 Å². The van der Waals surface area contributed by atoms with Crippen LogP contribution in [0.2, 0.25) is 0 Å². The lowest BCUT2D eigenvalue weighted by molar-refractivity contribution is 0.0873. The molecule has 21 heavy (non-hydrogen) atoms. The van der Waals surface area contributed by atoms with Crippen LogP contribution in [-0.2, 0) is 4.74 Å². The number of carbonyl (C=O) groups is 1. The van der Waals surface area contributed by atoms with Gasteiger partial charge in [-0.25, -0.2) is 0 Å². The molecule has 1 aromatic rings. The summed E-state index contributed by atoms with van der Waals surface area (Å²) in [6.07, 6.45) is 0. The SMILES string of the molecule is C[C@@H]1COCCN1c1cc2n(n1)[C@H]([C@@H](C)CO)CNC2=O. The molecule has 2 N–H and O–H groups in total. The van der Waals surface area contributed by atoms with Crippen LogP contribution in [0, 0.1) is 5.92 Å². The Morgan fingerprint density at radius 1 is 1.62 bits per heavy atom. The highest BCUT2D eigenvalue weighted by Crippen LogP contribution is 2.27. The summed E-state index contributed by atoms with van der Waals surface area (Å²) < 4.78 is 7.22. The Balaban J connectivity index is 1.93. The van der Waals surface area contributed by atoms with E-state index in [4.69, 9.17) is 4.74 Å². The van der Waals surface area contributed by atoms with Crippen molar-refractivity contribution in [3.8, 4) is 0 Å². The van der Waals surface area contributed by atoms with Gasteiger partial charge in [0, 0.05) is 31.7 Å². The number of anilines is 1. The Morgan fingerprint density at radius 3 is 3.14 bits per heavy atom. The van der Waals surface area contributed by atoms with Gasteiger partial charge in [-0.15, -0.1) is 0 Å². The molecule has 0 spiro atoms. The normalized spacial score (nSPS) is 27.2. The van der Waals surface area contributed by atoms with E-state index in [1.165, 1.54) is 0 Å². The quantitative estimate of drug-likeness (QED) is 0.821. The zero-order valence-electron chi connectivity index (χ0n) is 12.5. The lowest BCUT2D eigenvalue weighted by Gasteiger charge is -2.33. The average Bonchev–Trinajstić information content (AvgIpc) is 2.93. The van der Waals surface area contributed by atoms with Crippen molar-refractivity contribution in [2.24, 2.45) is 5.92 Å². The predicted molar refractivity (Wildman–Crippen MR) is 77.5 cm³/mol. The zero-order valence-corrected chi connectivity index (χ0v) is 12.5. The van der Waals surface area contributed by atoms with Gasteiger partial charge in [0.2, 0.25) is 0 Å². The van der Waals surface area contributed by atoms with E-state index in [1.54, 1.807) is 4.68 Å². The summed E-state index contributed by atoms with van der Waals surface area (Å²) in [6, 6.07) is 2.08. The molecule has 1 amide bonds. The van der Waals surface area contributed by atoms with E-state index in [0.717, 1.165) is 12.4 Å². The van der Waals surface area contributed by atoms with Crippen molar-refractivity contribution in [3.63, 3.8) is 0 Å². The number of ether oxygens (including phenoxy) is 1. The number of aromatic nitrogens is 2. The number of morpholine rings is 1.